The Morgan fingerprint density at radius 1 is 1.20 bits per heavy atom. The molecule has 1 aromatic heterocycles. The highest BCUT2D eigenvalue weighted by atomic mass is 19.4. The minimum Gasteiger partial charge on any atom is -0.475 e. The average Bonchev–Trinajstić information content (AvgIpc) is 3.41. The van der Waals surface area contributed by atoms with Gasteiger partial charge in [-0.3, -0.25) is 29.2 Å². The van der Waals surface area contributed by atoms with Gasteiger partial charge in [0.1, 0.15) is 19.2 Å². The zero-order valence-corrected chi connectivity index (χ0v) is 25.0. The molecule has 1 atom stereocenters. The molecule has 2 amide bonds. The molecule has 0 unspecified atom stereocenters. The number of nitrogens with zero attached hydrogens (tertiary/aromatic N) is 4. The first-order chi connectivity index (χ1) is 21.8. The Morgan fingerprint density at radius 3 is 2.43 bits per heavy atom. The summed E-state index contributed by atoms with van der Waals surface area (Å²) in [6, 6.07) is 5.05. The second-order valence-corrected chi connectivity index (χ2v) is 10.4. The quantitative estimate of drug-likeness (QED) is 0.180. The second-order valence-electron chi connectivity index (χ2n) is 10.4. The van der Waals surface area contributed by atoms with E-state index < -0.39 is 29.0 Å². The minimum absolute atomic E-state index is 0.00696. The van der Waals surface area contributed by atoms with Gasteiger partial charge in [0.05, 0.1) is 23.3 Å². The second kappa shape index (κ2) is 16.6. The number of amides is 2. The summed E-state index contributed by atoms with van der Waals surface area (Å²) in [5.74, 6) is -3.81. The van der Waals surface area contributed by atoms with Gasteiger partial charge in [-0.05, 0) is 38.4 Å². The Bertz CT molecular complexity index is 1380. The van der Waals surface area contributed by atoms with E-state index in [0.717, 1.165) is 37.2 Å². The molecule has 1 fully saturated rings. The molecule has 1 aromatic carbocycles. The first-order valence-electron chi connectivity index (χ1n) is 14.4. The number of aliphatic carboxylic acids is 1. The highest BCUT2D eigenvalue weighted by Gasteiger charge is 2.38. The number of alkyl halides is 3. The highest BCUT2D eigenvalue weighted by molar-refractivity contribution is 5.88. The molecule has 2 aliphatic heterocycles. The third kappa shape index (κ3) is 11.1. The van der Waals surface area contributed by atoms with Gasteiger partial charge in [-0.1, -0.05) is 12.1 Å². The van der Waals surface area contributed by atoms with Crippen LogP contribution in [0.3, 0.4) is 0 Å². The highest BCUT2D eigenvalue weighted by Crippen LogP contribution is 2.20. The van der Waals surface area contributed by atoms with Crippen molar-refractivity contribution in [3.8, 4) is 0 Å². The molecule has 4 rings (SSSR count). The number of carboxylic acid groups (broad SMARTS) is 1. The number of carbonyl (C=O) groups is 4. The van der Waals surface area contributed by atoms with Gasteiger partial charge in [-0.15, -0.1) is 0 Å². The number of non-ortho nitro benzene ring substituents is 1. The Morgan fingerprint density at radius 2 is 1.85 bits per heavy atom. The molecule has 0 spiro atoms. The van der Waals surface area contributed by atoms with Gasteiger partial charge in [0.2, 0.25) is 11.8 Å². The van der Waals surface area contributed by atoms with Crippen LogP contribution in [0.2, 0.25) is 0 Å². The molecule has 18 heteroatoms. The van der Waals surface area contributed by atoms with Crippen molar-refractivity contribution in [2.75, 3.05) is 32.8 Å². The standard InChI is InChI=1S/C26H34N6O7.C2HF3O2/c1-2-38-25(34)16-31-15-19-14-30(12-9-22(19)29-31)26(35)23(13-18-3-5-20(6-4-18)32(36)37)28-24(33)17-39-21-7-10-27-11-8-21;3-2(4,5)1(6)7/h3-6,15,21,23,27H,2,7-14,16-17H2,1H3,(H,28,33);(H,6,7)/t23-;/m0./s1. The van der Waals surface area contributed by atoms with E-state index in [1.54, 1.807) is 30.2 Å². The zero-order chi connectivity index (χ0) is 33.9. The van der Waals surface area contributed by atoms with Gasteiger partial charge in [-0.2, -0.15) is 18.3 Å². The summed E-state index contributed by atoms with van der Waals surface area (Å²) in [4.78, 5) is 59.4. The van der Waals surface area contributed by atoms with E-state index in [4.69, 9.17) is 19.4 Å². The van der Waals surface area contributed by atoms with Crippen LogP contribution in [-0.2, 0) is 54.6 Å². The number of fused-ring (bicyclic) bond motifs is 1. The van der Waals surface area contributed by atoms with Gasteiger partial charge in [0.15, 0.2) is 0 Å². The largest absolute Gasteiger partial charge is 0.490 e. The fourth-order valence-electron chi connectivity index (χ4n) is 4.78. The van der Waals surface area contributed by atoms with Crippen molar-refractivity contribution in [2.45, 2.75) is 64.0 Å². The van der Waals surface area contributed by atoms with E-state index >= 15 is 0 Å². The molecule has 2 aromatic rings. The zero-order valence-electron chi connectivity index (χ0n) is 25.0. The van der Waals surface area contributed by atoms with Crippen molar-refractivity contribution in [3.63, 3.8) is 0 Å². The molecule has 15 nitrogen and oxygen atoms in total. The summed E-state index contributed by atoms with van der Waals surface area (Å²) >= 11 is 0. The number of hydrogen-bond donors (Lipinski definition) is 3. The summed E-state index contributed by atoms with van der Waals surface area (Å²) in [5, 5.41) is 28.7. The minimum atomic E-state index is -5.08. The lowest BCUT2D eigenvalue weighted by molar-refractivity contribution is -0.384. The Balaban J connectivity index is 0.000000738. The van der Waals surface area contributed by atoms with Crippen molar-refractivity contribution >= 4 is 29.4 Å². The van der Waals surface area contributed by atoms with E-state index in [-0.39, 0.29) is 56.4 Å². The van der Waals surface area contributed by atoms with Crippen molar-refractivity contribution in [3.05, 3.63) is 57.4 Å². The third-order valence-corrected chi connectivity index (χ3v) is 7.01. The van der Waals surface area contributed by atoms with E-state index in [1.165, 1.54) is 16.8 Å². The lowest BCUT2D eigenvalue weighted by Crippen LogP contribution is -2.51. The number of nitrogens with one attached hydrogen (secondary N) is 2. The van der Waals surface area contributed by atoms with Crippen LogP contribution in [0.4, 0.5) is 18.9 Å². The fraction of sp³-hybridized carbons (Fsp3) is 0.536. The topological polar surface area (TPSA) is 195 Å². The SMILES string of the molecule is CCOC(=O)Cn1cc2c(n1)CCN(C(=O)[C@H](Cc1ccc([N+](=O)[O-])cc1)NC(=O)COC1CCNCC1)C2.O=C(O)C(F)(F)F. The Hall–Kier alpha value is -4.58. The van der Waals surface area contributed by atoms with Gasteiger partial charge in [0.25, 0.3) is 5.69 Å². The van der Waals surface area contributed by atoms with Gasteiger partial charge < -0.3 is 30.1 Å². The summed E-state index contributed by atoms with van der Waals surface area (Å²) in [5.41, 5.74) is 2.27. The van der Waals surface area contributed by atoms with Gasteiger partial charge >= 0.3 is 18.1 Å². The normalized spacial score (nSPS) is 15.5. The van der Waals surface area contributed by atoms with Crippen LogP contribution in [-0.4, -0.2) is 99.6 Å². The maximum Gasteiger partial charge on any atom is 0.490 e. The number of hydrogen-bond acceptors (Lipinski definition) is 10. The van der Waals surface area contributed by atoms with Crippen molar-refractivity contribution < 1.29 is 51.9 Å². The average molecular weight is 657 g/mol. The Labute approximate surface area is 261 Å². The van der Waals surface area contributed by atoms with Gasteiger partial charge in [-0.25, -0.2) is 4.79 Å². The molecule has 0 aliphatic carbocycles. The van der Waals surface area contributed by atoms with Crippen LogP contribution in [0, 0.1) is 10.1 Å². The summed E-state index contributed by atoms with van der Waals surface area (Å²) in [6.45, 7) is 4.22. The lowest BCUT2D eigenvalue weighted by Gasteiger charge is -2.30. The number of esters is 1. The van der Waals surface area contributed by atoms with Crippen LogP contribution >= 0.6 is 0 Å². The molecule has 0 radical (unpaired) electrons. The number of halogens is 3. The number of nitro benzene ring substituents is 1. The molecular weight excluding hydrogens is 621 g/mol. The number of piperidine rings is 1. The molecule has 3 N–H and O–H groups in total. The maximum absolute atomic E-state index is 13.7. The van der Waals surface area contributed by atoms with Crippen LogP contribution in [0.15, 0.2) is 30.5 Å². The number of carbonyl (C=O) groups excluding carboxylic acids is 3. The van der Waals surface area contributed by atoms with Crippen molar-refractivity contribution in [1.82, 2.24) is 25.3 Å². The molecule has 252 valence electrons. The van der Waals surface area contributed by atoms with Crippen molar-refractivity contribution in [2.24, 2.45) is 0 Å². The first-order valence-corrected chi connectivity index (χ1v) is 14.4. The monoisotopic (exact) mass is 656 g/mol. The molecule has 0 bridgehead atoms. The molecule has 1 saturated heterocycles. The predicted molar refractivity (Wildman–Crippen MR) is 152 cm³/mol. The third-order valence-electron chi connectivity index (χ3n) is 7.01. The van der Waals surface area contributed by atoms with E-state index in [2.05, 4.69) is 15.7 Å². The number of nitro groups is 1. The summed E-state index contributed by atoms with van der Waals surface area (Å²) < 4.78 is 44.0. The predicted octanol–water partition coefficient (Wildman–Crippen LogP) is 1.37. The van der Waals surface area contributed by atoms with E-state index in [9.17, 15) is 37.7 Å². The molecule has 46 heavy (non-hydrogen) atoms. The van der Waals surface area contributed by atoms with Crippen LogP contribution in [0.5, 0.6) is 0 Å². The summed E-state index contributed by atoms with van der Waals surface area (Å²) in [7, 11) is 0. The van der Waals surface area contributed by atoms with Crippen LogP contribution < -0.4 is 10.6 Å². The molecule has 0 saturated carbocycles. The number of ether oxygens (including phenoxy) is 2. The number of aromatic nitrogens is 2. The number of benzene rings is 1. The first kappa shape index (κ1) is 35.9. The van der Waals surface area contributed by atoms with Crippen LogP contribution in [0.25, 0.3) is 0 Å². The molecule has 2 aliphatic rings. The van der Waals surface area contributed by atoms with E-state index in [1.807, 2.05) is 0 Å². The lowest BCUT2D eigenvalue weighted by atomic mass is 10.0. The number of rotatable bonds is 11. The molecular formula is C28H35F3N6O9. The maximum atomic E-state index is 13.7. The summed E-state index contributed by atoms with van der Waals surface area (Å²) in [6.07, 6.45) is -1.04. The van der Waals surface area contributed by atoms with Crippen LogP contribution in [0.1, 0.15) is 36.6 Å². The van der Waals surface area contributed by atoms with E-state index in [0.29, 0.717) is 18.5 Å². The molecule has 3 heterocycles. The Kier molecular flexibility index (Phi) is 13.0. The van der Waals surface area contributed by atoms with Gasteiger partial charge in [0, 0.05) is 49.8 Å². The number of carboxylic acids is 1. The van der Waals surface area contributed by atoms with Crippen molar-refractivity contribution in [1.29, 1.82) is 0 Å². The smallest absolute Gasteiger partial charge is 0.475 e. The fourth-order valence-corrected chi connectivity index (χ4v) is 4.78.